The van der Waals surface area contributed by atoms with Gasteiger partial charge in [0.25, 0.3) is 0 Å². The van der Waals surface area contributed by atoms with Crippen LogP contribution in [-0.4, -0.2) is 37.4 Å². The highest BCUT2D eigenvalue weighted by atomic mass is 16.5. The summed E-state index contributed by atoms with van der Waals surface area (Å²) in [7, 11) is 0. The molecule has 5 aliphatic rings. The van der Waals surface area contributed by atoms with Gasteiger partial charge in [-0.25, -0.2) is 4.98 Å². The van der Waals surface area contributed by atoms with Crippen molar-refractivity contribution in [2.24, 2.45) is 5.41 Å². The predicted molar refractivity (Wildman–Crippen MR) is 124 cm³/mol. The van der Waals surface area contributed by atoms with E-state index in [-0.39, 0.29) is 5.41 Å². The van der Waals surface area contributed by atoms with E-state index in [1.54, 1.807) is 0 Å². The molecule has 0 radical (unpaired) electrons. The number of fused-ring (bicyclic) bond motifs is 1. The SMILES string of the molecule is Cc1cnc2c(C34CC(C)(C3)C4)nc([C@H]3CCO[C@@H](C)C3)cc2n1.c1cnn(C2CC2)c1. The summed E-state index contributed by atoms with van der Waals surface area (Å²) < 4.78 is 7.76. The molecule has 5 fully saturated rings. The lowest BCUT2D eigenvalue weighted by Crippen LogP contribution is -2.63. The third-order valence-corrected chi connectivity index (χ3v) is 7.82. The summed E-state index contributed by atoms with van der Waals surface area (Å²) in [5.74, 6) is 0.488. The number of rotatable bonds is 3. The van der Waals surface area contributed by atoms with E-state index in [0.717, 1.165) is 42.2 Å². The molecule has 8 rings (SSSR count). The summed E-state index contributed by atoms with van der Waals surface area (Å²) in [6, 6.07) is 4.90. The Morgan fingerprint density at radius 1 is 1.12 bits per heavy atom. The van der Waals surface area contributed by atoms with Crippen molar-refractivity contribution in [3.63, 3.8) is 0 Å². The van der Waals surface area contributed by atoms with Crippen LogP contribution < -0.4 is 0 Å². The van der Waals surface area contributed by atoms with E-state index < -0.39 is 0 Å². The summed E-state index contributed by atoms with van der Waals surface area (Å²) in [4.78, 5) is 14.7. The molecule has 0 spiro atoms. The lowest BCUT2D eigenvalue weighted by Gasteiger charge is -2.69. The monoisotopic (exact) mass is 431 g/mol. The molecular formula is C26H33N5O. The zero-order valence-corrected chi connectivity index (χ0v) is 19.4. The Morgan fingerprint density at radius 3 is 2.59 bits per heavy atom. The molecule has 0 unspecified atom stereocenters. The van der Waals surface area contributed by atoms with Crippen LogP contribution in [0.1, 0.15) is 87.8 Å². The van der Waals surface area contributed by atoms with E-state index >= 15 is 0 Å². The van der Waals surface area contributed by atoms with Gasteiger partial charge in [0, 0.05) is 42.2 Å². The minimum Gasteiger partial charge on any atom is -0.378 e. The summed E-state index contributed by atoms with van der Waals surface area (Å²) in [5.41, 5.74) is 6.33. The molecule has 4 saturated carbocycles. The van der Waals surface area contributed by atoms with Crippen LogP contribution in [0.4, 0.5) is 0 Å². The maximum atomic E-state index is 5.73. The fourth-order valence-corrected chi connectivity index (χ4v) is 6.36. The Bertz CT molecular complexity index is 1120. The normalized spacial score (nSPS) is 33.1. The van der Waals surface area contributed by atoms with Crippen molar-refractivity contribution in [1.29, 1.82) is 0 Å². The molecule has 0 amide bonds. The van der Waals surface area contributed by atoms with Crippen molar-refractivity contribution in [1.82, 2.24) is 24.7 Å². The molecule has 1 saturated heterocycles. The van der Waals surface area contributed by atoms with E-state index in [1.807, 2.05) is 36.3 Å². The first-order valence-corrected chi connectivity index (χ1v) is 12.2. The molecule has 2 atom stereocenters. The highest BCUT2D eigenvalue weighted by Crippen LogP contribution is 2.73. The minimum atomic E-state index is 0.281. The fraction of sp³-hybridized carbons (Fsp3) is 0.615. The van der Waals surface area contributed by atoms with Crippen LogP contribution >= 0.6 is 0 Å². The Kier molecular flexibility index (Phi) is 4.65. The fourth-order valence-electron chi connectivity index (χ4n) is 6.36. The summed E-state index contributed by atoms with van der Waals surface area (Å²) in [6.45, 7) is 7.42. The smallest absolute Gasteiger partial charge is 0.111 e. The quantitative estimate of drug-likeness (QED) is 0.565. The highest BCUT2D eigenvalue weighted by molar-refractivity contribution is 5.79. The summed E-state index contributed by atoms with van der Waals surface area (Å²) >= 11 is 0. The molecule has 6 heteroatoms. The third kappa shape index (κ3) is 3.53. The minimum absolute atomic E-state index is 0.281. The van der Waals surface area contributed by atoms with E-state index in [4.69, 9.17) is 19.7 Å². The molecule has 3 aromatic rings. The zero-order valence-electron chi connectivity index (χ0n) is 19.4. The average molecular weight is 432 g/mol. The lowest BCUT2D eigenvalue weighted by atomic mass is 9.35. The largest absolute Gasteiger partial charge is 0.378 e. The number of hydrogen-bond acceptors (Lipinski definition) is 5. The molecule has 4 heterocycles. The van der Waals surface area contributed by atoms with E-state index in [0.29, 0.717) is 17.4 Å². The average Bonchev–Trinajstić information content (AvgIpc) is 3.44. The number of aromatic nitrogens is 5. The van der Waals surface area contributed by atoms with Crippen LogP contribution in [0, 0.1) is 12.3 Å². The molecule has 1 aliphatic heterocycles. The molecule has 168 valence electrons. The van der Waals surface area contributed by atoms with Crippen molar-refractivity contribution in [2.45, 2.75) is 89.2 Å². The lowest BCUT2D eigenvalue weighted by molar-refractivity contribution is -0.127. The van der Waals surface area contributed by atoms with E-state index in [2.05, 4.69) is 25.0 Å². The second-order valence-electron chi connectivity index (χ2n) is 11.0. The number of pyridine rings is 1. The number of hydrogen-bond donors (Lipinski definition) is 0. The second kappa shape index (κ2) is 7.34. The van der Waals surface area contributed by atoms with Gasteiger partial charge in [-0.15, -0.1) is 0 Å². The Morgan fingerprint density at radius 2 is 1.94 bits per heavy atom. The van der Waals surface area contributed by atoms with Crippen LogP contribution in [0.5, 0.6) is 0 Å². The maximum absolute atomic E-state index is 5.73. The molecule has 0 aromatic carbocycles. The van der Waals surface area contributed by atoms with Gasteiger partial charge in [0.05, 0.1) is 29.1 Å². The van der Waals surface area contributed by atoms with Crippen molar-refractivity contribution in [3.8, 4) is 0 Å². The van der Waals surface area contributed by atoms with Crippen LogP contribution in [-0.2, 0) is 10.2 Å². The molecule has 6 nitrogen and oxygen atoms in total. The van der Waals surface area contributed by atoms with Crippen molar-refractivity contribution in [3.05, 3.63) is 47.8 Å². The molecule has 2 bridgehead atoms. The summed E-state index contributed by atoms with van der Waals surface area (Å²) in [6.07, 6.45) is 14.6. The predicted octanol–water partition coefficient (Wildman–Crippen LogP) is 5.28. The number of aryl methyl sites for hydroxylation is 1. The molecule has 0 N–H and O–H groups in total. The first kappa shape index (κ1) is 20.3. The van der Waals surface area contributed by atoms with Crippen molar-refractivity contribution >= 4 is 11.0 Å². The van der Waals surface area contributed by atoms with Crippen molar-refractivity contribution < 1.29 is 4.74 Å². The topological polar surface area (TPSA) is 65.7 Å². The van der Waals surface area contributed by atoms with Gasteiger partial charge in [0.15, 0.2) is 0 Å². The molecule has 4 aliphatic carbocycles. The van der Waals surface area contributed by atoms with Crippen LogP contribution in [0.2, 0.25) is 0 Å². The van der Waals surface area contributed by atoms with Gasteiger partial charge in [-0.1, -0.05) is 6.92 Å². The highest BCUT2D eigenvalue weighted by Gasteiger charge is 2.67. The van der Waals surface area contributed by atoms with Gasteiger partial charge in [-0.2, -0.15) is 5.10 Å². The number of nitrogens with zero attached hydrogens (tertiary/aromatic N) is 5. The van der Waals surface area contributed by atoms with Crippen LogP contribution in [0.3, 0.4) is 0 Å². The van der Waals surface area contributed by atoms with Gasteiger partial charge in [0.2, 0.25) is 0 Å². The number of ether oxygens (including phenoxy) is 1. The summed E-state index contributed by atoms with van der Waals surface area (Å²) in [5, 5.41) is 4.09. The van der Waals surface area contributed by atoms with Gasteiger partial charge in [-0.05, 0) is 76.3 Å². The molecule has 3 aromatic heterocycles. The standard InChI is InChI=1S/C20H25N3O.C6H8N2/c1-12-8-21-17-16(22-12)7-15(14-4-5-24-13(2)6-14)23-18(17)20-9-19(3,10-20)11-20;1-4-7-8(5-1)6-2-3-6/h7-8,13-14H,4-6,9-11H2,1-3H3;1,4-6H,2-3H2/t13-,14-,19?,20?;/m0./s1. The van der Waals surface area contributed by atoms with Crippen molar-refractivity contribution in [2.75, 3.05) is 6.61 Å². The van der Waals surface area contributed by atoms with Gasteiger partial charge < -0.3 is 4.74 Å². The van der Waals surface area contributed by atoms with Crippen LogP contribution in [0.15, 0.2) is 30.7 Å². The first-order chi connectivity index (χ1) is 15.4. The van der Waals surface area contributed by atoms with Gasteiger partial charge in [-0.3, -0.25) is 14.6 Å². The maximum Gasteiger partial charge on any atom is 0.111 e. The zero-order chi connectivity index (χ0) is 21.9. The van der Waals surface area contributed by atoms with E-state index in [9.17, 15) is 0 Å². The first-order valence-electron chi connectivity index (χ1n) is 12.2. The van der Waals surface area contributed by atoms with Gasteiger partial charge in [0.1, 0.15) is 5.52 Å². The Labute approximate surface area is 189 Å². The second-order valence-corrected chi connectivity index (χ2v) is 11.0. The third-order valence-electron chi connectivity index (χ3n) is 7.82. The molecular weight excluding hydrogens is 398 g/mol. The van der Waals surface area contributed by atoms with Gasteiger partial charge >= 0.3 is 0 Å². The Balaban J connectivity index is 0.000000205. The molecule has 32 heavy (non-hydrogen) atoms. The van der Waals surface area contributed by atoms with Crippen LogP contribution in [0.25, 0.3) is 11.0 Å². The Hall–Kier alpha value is -2.34. The van der Waals surface area contributed by atoms with E-state index in [1.165, 1.54) is 43.5 Å².